The number of rotatable bonds is 1. The molecule has 0 fully saturated rings. The molecule has 0 radical (unpaired) electrons. The molecule has 0 bridgehead atoms. The molecule has 1 aromatic heterocycles. The van der Waals surface area contributed by atoms with Crippen molar-refractivity contribution in [2.45, 2.75) is 0 Å². The number of amides is 1. The van der Waals surface area contributed by atoms with Gasteiger partial charge in [0.1, 0.15) is 5.69 Å². The van der Waals surface area contributed by atoms with Crippen LogP contribution < -0.4 is 11.2 Å². The summed E-state index contributed by atoms with van der Waals surface area (Å²) < 4.78 is 0.443. The molecule has 11 heavy (non-hydrogen) atoms. The monoisotopic (exact) mass is 216 g/mol. The first kappa shape index (κ1) is 8.00. The lowest BCUT2D eigenvalue weighted by molar-refractivity contribution is 0.0995. The fraction of sp³-hybridized carbons (Fsp3) is 0. The Balaban J connectivity index is 3.30. The number of nitrogens with one attached hydrogen (secondary N) is 1. The molecule has 0 atom stereocenters. The number of hydrogen-bond acceptors (Lipinski definition) is 2. The lowest BCUT2D eigenvalue weighted by Crippen LogP contribution is -2.16. The zero-order valence-electron chi connectivity index (χ0n) is 5.43. The molecule has 1 rings (SSSR count). The maximum absolute atomic E-state index is 10.8. The highest BCUT2D eigenvalue weighted by Crippen LogP contribution is 2.01. The topological polar surface area (TPSA) is 76.0 Å². The summed E-state index contributed by atoms with van der Waals surface area (Å²) in [4.78, 5) is 23.9. The number of aromatic nitrogens is 1. The van der Waals surface area contributed by atoms with Gasteiger partial charge in [0, 0.05) is 12.1 Å². The molecule has 0 saturated heterocycles. The summed E-state index contributed by atoms with van der Waals surface area (Å²) in [6, 6.07) is 2.46. The van der Waals surface area contributed by atoms with E-state index in [9.17, 15) is 9.59 Å². The molecule has 1 heterocycles. The number of H-pyrrole nitrogens is 1. The molecule has 3 N–H and O–H groups in total. The maximum atomic E-state index is 10.8. The van der Waals surface area contributed by atoms with Gasteiger partial charge in [0.2, 0.25) is 0 Å². The van der Waals surface area contributed by atoms with Crippen molar-refractivity contribution in [3.05, 3.63) is 32.7 Å². The van der Waals surface area contributed by atoms with E-state index < -0.39 is 5.91 Å². The summed E-state index contributed by atoms with van der Waals surface area (Å²) in [6.45, 7) is 0. The molecule has 4 nitrogen and oxygen atoms in total. The highest BCUT2D eigenvalue weighted by Gasteiger charge is 2.01. The average Bonchev–Trinajstić information content (AvgIpc) is 1.85. The van der Waals surface area contributed by atoms with Crippen molar-refractivity contribution in [2.75, 3.05) is 0 Å². The average molecular weight is 217 g/mol. The van der Waals surface area contributed by atoms with Crippen molar-refractivity contribution in [1.29, 1.82) is 0 Å². The normalized spacial score (nSPS) is 9.55. The van der Waals surface area contributed by atoms with Gasteiger partial charge in [0.25, 0.3) is 5.91 Å². The van der Waals surface area contributed by atoms with E-state index in [0.717, 1.165) is 6.07 Å². The Morgan fingerprint density at radius 2 is 2.18 bits per heavy atom. The number of aromatic amines is 1. The van der Waals surface area contributed by atoms with E-state index in [2.05, 4.69) is 20.9 Å². The Bertz CT molecular complexity index is 345. The van der Waals surface area contributed by atoms with E-state index in [-0.39, 0.29) is 11.1 Å². The second kappa shape index (κ2) is 2.87. The standard InChI is InChI=1S/C6H5BrN2O2/c7-5-2-3(10)1-4(9-5)6(8)11/h1-2H,(H2,8,11)(H,9,10). The maximum Gasteiger partial charge on any atom is 0.265 e. The molecule has 0 aliphatic rings. The largest absolute Gasteiger partial charge is 0.364 e. The summed E-state index contributed by atoms with van der Waals surface area (Å²) in [5, 5.41) is 0. The fourth-order valence-corrected chi connectivity index (χ4v) is 1.08. The third kappa shape index (κ3) is 1.91. The van der Waals surface area contributed by atoms with Crippen molar-refractivity contribution in [3.63, 3.8) is 0 Å². The molecule has 0 aromatic carbocycles. The van der Waals surface area contributed by atoms with Gasteiger partial charge in [-0.05, 0) is 15.9 Å². The first-order valence-electron chi connectivity index (χ1n) is 2.79. The van der Waals surface area contributed by atoms with Crippen molar-refractivity contribution in [2.24, 2.45) is 5.73 Å². The summed E-state index contributed by atoms with van der Waals surface area (Å²) >= 11 is 3.02. The number of hydrogen-bond donors (Lipinski definition) is 2. The van der Waals surface area contributed by atoms with Crippen LogP contribution in [0.3, 0.4) is 0 Å². The van der Waals surface area contributed by atoms with Gasteiger partial charge in [-0.1, -0.05) is 0 Å². The minimum absolute atomic E-state index is 0.101. The Morgan fingerprint density at radius 3 is 2.64 bits per heavy atom. The molecule has 0 unspecified atom stereocenters. The molecular formula is C6H5BrN2O2. The van der Waals surface area contributed by atoms with E-state index in [4.69, 9.17) is 5.73 Å². The number of primary amides is 1. The van der Waals surface area contributed by atoms with Gasteiger partial charge >= 0.3 is 0 Å². The number of halogens is 1. The highest BCUT2D eigenvalue weighted by atomic mass is 79.9. The van der Waals surface area contributed by atoms with Crippen LogP contribution in [0, 0.1) is 0 Å². The fourth-order valence-electron chi connectivity index (χ4n) is 0.642. The van der Waals surface area contributed by atoms with Gasteiger partial charge in [-0.25, -0.2) is 0 Å². The van der Waals surface area contributed by atoms with Crippen LogP contribution >= 0.6 is 15.9 Å². The molecule has 5 heteroatoms. The van der Waals surface area contributed by atoms with Crippen molar-refractivity contribution < 1.29 is 4.79 Å². The third-order valence-corrected chi connectivity index (χ3v) is 1.50. The van der Waals surface area contributed by atoms with E-state index >= 15 is 0 Å². The highest BCUT2D eigenvalue weighted by molar-refractivity contribution is 9.10. The molecule has 1 amide bonds. The van der Waals surface area contributed by atoms with Crippen LogP contribution in [0.1, 0.15) is 10.5 Å². The third-order valence-electron chi connectivity index (χ3n) is 1.08. The summed E-state index contributed by atoms with van der Waals surface area (Å²) in [5.74, 6) is -0.650. The second-order valence-electron chi connectivity index (χ2n) is 1.94. The van der Waals surface area contributed by atoms with Crippen LogP contribution in [0.15, 0.2) is 21.5 Å². The summed E-state index contributed by atoms with van der Waals surface area (Å²) in [7, 11) is 0. The van der Waals surface area contributed by atoms with Crippen LogP contribution in [0.25, 0.3) is 0 Å². The number of carbonyl (C=O) groups excluding carboxylic acids is 1. The summed E-state index contributed by atoms with van der Waals surface area (Å²) in [5.41, 5.74) is 4.76. The van der Waals surface area contributed by atoms with E-state index in [1.54, 1.807) is 0 Å². The van der Waals surface area contributed by atoms with Crippen LogP contribution in [0.5, 0.6) is 0 Å². The first-order valence-corrected chi connectivity index (χ1v) is 3.58. The Labute approximate surface area is 70.5 Å². The Kier molecular flexibility index (Phi) is 2.09. The lowest BCUT2D eigenvalue weighted by atomic mass is 10.3. The minimum Gasteiger partial charge on any atom is -0.364 e. The predicted molar refractivity (Wildman–Crippen MR) is 43.3 cm³/mol. The van der Waals surface area contributed by atoms with Crippen molar-refractivity contribution in [1.82, 2.24) is 4.98 Å². The minimum atomic E-state index is -0.650. The quantitative estimate of drug-likeness (QED) is 0.661. The lowest BCUT2D eigenvalue weighted by Gasteiger charge is -1.94. The molecule has 0 saturated carbocycles. The molecule has 0 spiro atoms. The van der Waals surface area contributed by atoms with Gasteiger partial charge in [0.05, 0.1) is 4.60 Å². The van der Waals surface area contributed by atoms with Crippen molar-refractivity contribution >= 4 is 21.8 Å². The van der Waals surface area contributed by atoms with Gasteiger partial charge in [-0.2, -0.15) is 0 Å². The van der Waals surface area contributed by atoms with Gasteiger partial charge in [-0.15, -0.1) is 0 Å². The number of pyridine rings is 1. The Morgan fingerprint density at radius 1 is 1.55 bits per heavy atom. The van der Waals surface area contributed by atoms with Crippen LogP contribution in [-0.2, 0) is 0 Å². The van der Waals surface area contributed by atoms with E-state index in [1.807, 2.05) is 0 Å². The molecular weight excluding hydrogens is 212 g/mol. The summed E-state index contributed by atoms with van der Waals surface area (Å²) in [6.07, 6.45) is 0. The van der Waals surface area contributed by atoms with Gasteiger partial charge in [-0.3, -0.25) is 9.59 Å². The zero-order chi connectivity index (χ0) is 8.43. The second-order valence-corrected chi connectivity index (χ2v) is 2.80. The molecule has 0 aliphatic heterocycles. The molecule has 0 aliphatic carbocycles. The smallest absolute Gasteiger partial charge is 0.265 e. The van der Waals surface area contributed by atoms with E-state index in [1.165, 1.54) is 6.07 Å². The van der Waals surface area contributed by atoms with Gasteiger partial charge in [0.15, 0.2) is 5.43 Å². The molecule has 1 aromatic rings. The van der Waals surface area contributed by atoms with Crippen LogP contribution in [-0.4, -0.2) is 10.9 Å². The van der Waals surface area contributed by atoms with Crippen molar-refractivity contribution in [3.8, 4) is 0 Å². The molecule has 58 valence electrons. The van der Waals surface area contributed by atoms with E-state index in [0.29, 0.717) is 4.60 Å². The number of carbonyl (C=O) groups is 1. The Hall–Kier alpha value is -1.10. The first-order chi connectivity index (χ1) is 5.09. The number of nitrogens with two attached hydrogens (primary N) is 1. The van der Waals surface area contributed by atoms with Gasteiger partial charge < -0.3 is 10.7 Å². The SMILES string of the molecule is NC(=O)c1cc(=O)cc(Br)[nH]1. The predicted octanol–water partition coefficient (Wildman–Crippen LogP) is 0.236. The zero-order valence-corrected chi connectivity index (χ0v) is 7.01. The van der Waals surface area contributed by atoms with Crippen LogP contribution in [0.2, 0.25) is 0 Å². The van der Waals surface area contributed by atoms with Crippen LogP contribution in [0.4, 0.5) is 0 Å².